The first-order chi connectivity index (χ1) is 13.2. The van der Waals surface area contributed by atoms with Crippen molar-refractivity contribution >= 4 is 21.5 Å². The molecule has 0 N–H and O–H groups in total. The number of ether oxygens (including phenoxy) is 1. The van der Waals surface area contributed by atoms with Crippen LogP contribution in [-0.2, 0) is 24.2 Å². The zero-order valence-electron chi connectivity index (χ0n) is 17.4. The fourth-order valence-corrected chi connectivity index (χ4v) is 3.55. The van der Waals surface area contributed by atoms with Crippen LogP contribution in [0.4, 0.5) is 0 Å². The number of esters is 1. The summed E-state index contributed by atoms with van der Waals surface area (Å²) >= 11 is 0. The van der Waals surface area contributed by atoms with Crippen LogP contribution >= 0.6 is 0 Å². The highest BCUT2D eigenvalue weighted by Gasteiger charge is 2.48. The normalized spacial score (nSPS) is 17.6. The van der Waals surface area contributed by atoms with Crippen molar-refractivity contribution < 1.29 is 22.8 Å². The first kappa shape index (κ1) is 23.7. The van der Waals surface area contributed by atoms with E-state index >= 15 is 0 Å². The lowest BCUT2D eigenvalue weighted by atomic mass is 9.97. The van der Waals surface area contributed by atoms with Crippen LogP contribution in [0.1, 0.15) is 58.6 Å². The van der Waals surface area contributed by atoms with Gasteiger partial charge in [-0.2, -0.15) is 0 Å². The van der Waals surface area contributed by atoms with Crippen LogP contribution in [-0.4, -0.2) is 43.8 Å². The molecule has 1 aliphatic heterocycles. The summed E-state index contributed by atoms with van der Waals surface area (Å²) in [5.41, 5.74) is 2.50. The Morgan fingerprint density at radius 2 is 1.93 bits per heavy atom. The summed E-state index contributed by atoms with van der Waals surface area (Å²) in [6, 6.07) is 7.57. The first-order valence-corrected chi connectivity index (χ1v) is 11.2. The molecule has 0 aromatic heterocycles. The van der Waals surface area contributed by atoms with Crippen molar-refractivity contribution in [2.75, 3.05) is 12.9 Å². The molecule has 1 heterocycles. The maximum Gasteiger partial charge on any atom is 0.327 e. The van der Waals surface area contributed by atoms with Gasteiger partial charge in [-0.3, -0.25) is 4.79 Å². The van der Waals surface area contributed by atoms with Gasteiger partial charge < -0.3 is 9.57 Å². The van der Waals surface area contributed by atoms with Gasteiger partial charge in [0.1, 0.15) is 6.10 Å². The van der Waals surface area contributed by atoms with Gasteiger partial charge >= 0.3 is 5.97 Å². The Balaban J connectivity index is 0.00000190. The Hall–Kier alpha value is -2.33. The van der Waals surface area contributed by atoms with Crippen molar-refractivity contribution in [3.63, 3.8) is 0 Å². The Labute approximate surface area is 168 Å². The second-order valence-corrected chi connectivity index (χ2v) is 8.79. The van der Waals surface area contributed by atoms with Crippen LogP contribution in [0.2, 0.25) is 0 Å². The molecule has 7 heteroatoms. The Morgan fingerprint density at radius 1 is 1.32 bits per heavy atom. The number of sulfone groups is 1. The maximum atomic E-state index is 12.2. The van der Waals surface area contributed by atoms with Gasteiger partial charge in [0.05, 0.1) is 12.3 Å². The molecular formula is C21H29NO5S. The standard InChI is InChI=1S/C19H23NO5S.C2H6/c1-5-7-14-8-10-15(11-9-14)17-12-16(25-20-17)13-19(3,26(4,22)23)18(21)24-6-2;1-2/h8-11,16H,6,12-13H2,1-4H3;1-2H3/t16?,19-;/m1./s1. The van der Waals surface area contributed by atoms with Gasteiger partial charge in [0.15, 0.2) is 14.6 Å². The van der Waals surface area contributed by atoms with Gasteiger partial charge in [0.25, 0.3) is 0 Å². The molecule has 1 aromatic rings. The molecule has 154 valence electrons. The van der Waals surface area contributed by atoms with Crippen molar-refractivity contribution in [3.8, 4) is 11.8 Å². The summed E-state index contributed by atoms with van der Waals surface area (Å²) in [5, 5.41) is 4.07. The minimum absolute atomic E-state index is 0.0168. The van der Waals surface area contributed by atoms with E-state index in [4.69, 9.17) is 9.57 Å². The number of benzene rings is 1. The summed E-state index contributed by atoms with van der Waals surface area (Å²) in [6.45, 7) is 8.90. The van der Waals surface area contributed by atoms with Gasteiger partial charge in [-0.05, 0) is 38.5 Å². The predicted molar refractivity (Wildman–Crippen MR) is 111 cm³/mol. The van der Waals surface area contributed by atoms with E-state index in [0.29, 0.717) is 12.1 Å². The van der Waals surface area contributed by atoms with Crippen LogP contribution in [0.15, 0.2) is 29.4 Å². The van der Waals surface area contributed by atoms with Crippen LogP contribution < -0.4 is 0 Å². The third kappa shape index (κ3) is 5.59. The third-order valence-electron chi connectivity index (χ3n) is 4.36. The summed E-state index contributed by atoms with van der Waals surface area (Å²) in [5.74, 6) is 5.04. The lowest BCUT2D eigenvalue weighted by Gasteiger charge is -2.27. The van der Waals surface area contributed by atoms with Crippen molar-refractivity contribution in [3.05, 3.63) is 35.4 Å². The predicted octanol–water partition coefficient (Wildman–Crippen LogP) is 3.33. The lowest BCUT2D eigenvalue weighted by molar-refractivity contribution is -0.146. The van der Waals surface area contributed by atoms with Crippen LogP contribution in [0.5, 0.6) is 0 Å². The number of carbonyl (C=O) groups excluding carboxylic acids is 1. The van der Waals surface area contributed by atoms with Crippen molar-refractivity contribution in [2.24, 2.45) is 5.16 Å². The quantitative estimate of drug-likeness (QED) is 0.534. The fraction of sp³-hybridized carbons (Fsp3) is 0.524. The van der Waals surface area contributed by atoms with E-state index in [2.05, 4.69) is 17.0 Å². The van der Waals surface area contributed by atoms with Gasteiger partial charge in [-0.25, -0.2) is 8.42 Å². The number of nitrogens with zero attached hydrogens (tertiary/aromatic N) is 1. The lowest BCUT2D eigenvalue weighted by Crippen LogP contribution is -2.47. The summed E-state index contributed by atoms with van der Waals surface area (Å²) in [7, 11) is -3.69. The maximum absolute atomic E-state index is 12.2. The Bertz CT molecular complexity index is 862. The molecular weight excluding hydrogens is 378 g/mol. The van der Waals surface area contributed by atoms with E-state index in [1.54, 1.807) is 13.8 Å². The number of hydrogen-bond donors (Lipinski definition) is 0. The number of hydrogen-bond acceptors (Lipinski definition) is 6. The Kier molecular flexibility index (Phi) is 8.70. The minimum Gasteiger partial charge on any atom is -0.465 e. The topological polar surface area (TPSA) is 82.0 Å². The van der Waals surface area contributed by atoms with Crippen molar-refractivity contribution in [1.29, 1.82) is 0 Å². The van der Waals surface area contributed by atoms with E-state index in [1.807, 2.05) is 38.1 Å². The molecule has 0 fully saturated rings. The summed E-state index contributed by atoms with van der Waals surface area (Å²) in [4.78, 5) is 17.6. The molecule has 0 spiro atoms. The molecule has 2 rings (SSSR count). The molecule has 2 atom stereocenters. The third-order valence-corrected chi connectivity index (χ3v) is 6.33. The van der Waals surface area contributed by atoms with E-state index in [-0.39, 0.29) is 13.0 Å². The SMILES string of the molecule is CC.CC#Cc1ccc(C2=NOC(C[C@](C)(C(=O)OCC)S(C)(=O)=O)C2)cc1. The molecule has 1 unspecified atom stereocenters. The highest BCUT2D eigenvalue weighted by atomic mass is 32.2. The van der Waals surface area contributed by atoms with Crippen LogP contribution in [0, 0.1) is 11.8 Å². The van der Waals surface area contributed by atoms with Crippen LogP contribution in [0.3, 0.4) is 0 Å². The van der Waals surface area contributed by atoms with Crippen molar-refractivity contribution in [1.82, 2.24) is 0 Å². The van der Waals surface area contributed by atoms with E-state index < -0.39 is 26.7 Å². The Morgan fingerprint density at radius 3 is 2.43 bits per heavy atom. The molecule has 0 amide bonds. The fourth-order valence-electron chi connectivity index (χ4n) is 2.70. The largest absolute Gasteiger partial charge is 0.465 e. The molecule has 28 heavy (non-hydrogen) atoms. The second kappa shape index (κ2) is 10.3. The van der Waals surface area contributed by atoms with E-state index in [1.165, 1.54) is 6.92 Å². The monoisotopic (exact) mass is 407 g/mol. The molecule has 0 saturated carbocycles. The zero-order valence-corrected chi connectivity index (χ0v) is 18.2. The molecule has 0 radical (unpaired) electrons. The van der Waals surface area contributed by atoms with Gasteiger partial charge in [-0.1, -0.05) is 37.1 Å². The van der Waals surface area contributed by atoms with Gasteiger partial charge in [0.2, 0.25) is 0 Å². The van der Waals surface area contributed by atoms with Gasteiger partial charge in [-0.15, -0.1) is 5.92 Å². The smallest absolute Gasteiger partial charge is 0.327 e. The molecule has 1 aromatic carbocycles. The molecule has 0 saturated heterocycles. The van der Waals surface area contributed by atoms with Crippen molar-refractivity contribution in [2.45, 2.75) is 58.3 Å². The summed E-state index contributed by atoms with van der Waals surface area (Å²) in [6.07, 6.45) is 0.929. The number of carbonyl (C=O) groups is 1. The molecule has 6 nitrogen and oxygen atoms in total. The number of oxime groups is 1. The zero-order chi connectivity index (χ0) is 21.4. The highest BCUT2D eigenvalue weighted by molar-refractivity contribution is 7.92. The molecule has 0 bridgehead atoms. The first-order valence-electron chi connectivity index (χ1n) is 9.34. The average molecular weight is 408 g/mol. The average Bonchev–Trinajstić information content (AvgIpc) is 3.12. The molecule has 0 aliphatic carbocycles. The van der Waals surface area contributed by atoms with E-state index in [9.17, 15) is 13.2 Å². The number of rotatable bonds is 6. The highest BCUT2D eigenvalue weighted by Crippen LogP contribution is 2.30. The van der Waals surface area contributed by atoms with Gasteiger partial charge in [0, 0.05) is 24.7 Å². The molecule has 1 aliphatic rings. The summed E-state index contributed by atoms with van der Waals surface area (Å²) < 4.78 is 27.7. The van der Waals surface area contributed by atoms with E-state index in [0.717, 1.165) is 17.4 Å². The second-order valence-electron chi connectivity index (χ2n) is 6.35. The van der Waals surface area contributed by atoms with Crippen LogP contribution in [0.25, 0.3) is 0 Å². The minimum atomic E-state index is -3.69.